The third-order valence-corrected chi connectivity index (χ3v) is 5.90. The molecule has 1 atom stereocenters. The molecule has 1 aliphatic heterocycles. The summed E-state index contributed by atoms with van der Waals surface area (Å²) < 4.78 is 26.5. The van der Waals surface area contributed by atoms with E-state index in [1.807, 2.05) is 0 Å². The quantitative estimate of drug-likeness (QED) is 0.839. The molecule has 1 aromatic rings. The highest BCUT2D eigenvalue weighted by atomic mass is 35.5. The Morgan fingerprint density at radius 2 is 1.95 bits per heavy atom. The van der Waals surface area contributed by atoms with Gasteiger partial charge in [-0.25, -0.2) is 12.7 Å². The Kier molecular flexibility index (Phi) is 5.47. The van der Waals surface area contributed by atoms with Crippen LogP contribution in [0.2, 0.25) is 5.02 Å². The van der Waals surface area contributed by atoms with Crippen molar-refractivity contribution in [2.45, 2.75) is 18.6 Å². The van der Waals surface area contributed by atoms with Crippen LogP contribution in [0.15, 0.2) is 24.3 Å². The minimum atomic E-state index is -3.42. The van der Waals surface area contributed by atoms with Crippen molar-refractivity contribution in [2.24, 2.45) is 5.92 Å². The van der Waals surface area contributed by atoms with Gasteiger partial charge in [-0.1, -0.05) is 23.7 Å². The molecule has 1 saturated heterocycles. The number of rotatable bonds is 4. The lowest BCUT2D eigenvalue weighted by molar-refractivity contribution is -0.134. The normalized spacial score (nSPS) is 19.9. The predicted octanol–water partition coefficient (Wildman–Crippen LogP) is 1.97. The Balaban J connectivity index is 2.08. The van der Waals surface area contributed by atoms with Crippen molar-refractivity contribution in [1.82, 2.24) is 9.21 Å². The second kappa shape index (κ2) is 6.98. The minimum Gasteiger partial charge on any atom is -0.349 e. The van der Waals surface area contributed by atoms with E-state index in [0.29, 0.717) is 23.6 Å². The summed E-state index contributed by atoms with van der Waals surface area (Å²) in [4.78, 5) is 13.6. The van der Waals surface area contributed by atoms with E-state index in [1.165, 1.54) is 9.21 Å². The molecule has 1 heterocycles. The van der Waals surface area contributed by atoms with Crippen LogP contribution < -0.4 is 0 Å². The minimum absolute atomic E-state index is 0.00797. The number of hydrogen-bond donors (Lipinski definition) is 0. The van der Waals surface area contributed by atoms with Crippen LogP contribution in [-0.4, -0.2) is 50.7 Å². The molecule has 1 amide bonds. The van der Waals surface area contributed by atoms with Gasteiger partial charge in [0.15, 0.2) is 0 Å². The smallest absolute Gasteiger partial charge is 0.226 e. The number of amides is 1. The van der Waals surface area contributed by atoms with Crippen LogP contribution in [0.3, 0.4) is 0 Å². The average molecular weight is 345 g/mol. The first-order chi connectivity index (χ1) is 10.3. The fourth-order valence-electron chi connectivity index (χ4n) is 2.64. The van der Waals surface area contributed by atoms with Crippen molar-refractivity contribution in [3.05, 3.63) is 34.9 Å². The van der Waals surface area contributed by atoms with Gasteiger partial charge in [-0.2, -0.15) is 0 Å². The van der Waals surface area contributed by atoms with Crippen molar-refractivity contribution in [3.8, 4) is 0 Å². The van der Waals surface area contributed by atoms with Crippen LogP contribution in [0.5, 0.6) is 0 Å². The van der Waals surface area contributed by atoms with Gasteiger partial charge >= 0.3 is 0 Å². The summed E-state index contributed by atoms with van der Waals surface area (Å²) in [6.07, 6.45) is 1.45. The summed E-state index contributed by atoms with van der Waals surface area (Å²) in [5.74, 6) is -0.317. The molecule has 0 saturated carbocycles. The molecule has 0 radical (unpaired) electrons. The van der Waals surface area contributed by atoms with Gasteiger partial charge in [0, 0.05) is 32.2 Å². The Morgan fingerprint density at radius 1 is 1.32 bits per heavy atom. The zero-order valence-corrected chi connectivity index (χ0v) is 14.4. The molecule has 1 aromatic carbocycles. The fraction of sp³-hybridized carbons (Fsp3) is 0.533. The van der Waals surface area contributed by atoms with E-state index in [2.05, 4.69) is 0 Å². The van der Waals surface area contributed by atoms with Gasteiger partial charge in [0.1, 0.15) is 0 Å². The summed E-state index contributed by atoms with van der Waals surface area (Å²) >= 11 is 5.81. The van der Waals surface area contributed by atoms with E-state index < -0.39 is 10.0 Å². The summed E-state index contributed by atoms with van der Waals surface area (Å²) in [6.45, 7) is 0.750. The van der Waals surface area contributed by atoms with E-state index in [9.17, 15) is 13.2 Å². The van der Waals surface area contributed by atoms with Gasteiger partial charge in [-0.05, 0) is 30.5 Å². The maximum Gasteiger partial charge on any atom is 0.226 e. The summed E-state index contributed by atoms with van der Waals surface area (Å²) in [7, 11) is -0.0261. The first-order valence-corrected chi connectivity index (χ1v) is 9.22. The zero-order valence-electron chi connectivity index (χ0n) is 12.8. The number of hydrogen-bond acceptors (Lipinski definition) is 3. The maximum absolute atomic E-state index is 12.5. The van der Waals surface area contributed by atoms with Crippen LogP contribution in [0.25, 0.3) is 0 Å². The molecule has 2 rings (SSSR count). The number of carbonyl (C=O) groups is 1. The van der Waals surface area contributed by atoms with Crippen molar-refractivity contribution >= 4 is 27.5 Å². The molecule has 0 N–H and O–H groups in total. The summed E-state index contributed by atoms with van der Waals surface area (Å²) in [5.41, 5.74) is 0.699. The van der Waals surface area contributed by atoms with Gasteiger partial charge in [0.05, 0.1) is 11.7 Å². The molecule has 0 aromatic heterocycles. The highest BCUT2D eigenvalue weighted by molar-refractivity contribution is 7.88. The molecule has 1 aliphatic rings. The molecule has 0 spiro atoms. The maximum atomic E-state index is 12.5. The highest BCUT2D eigenvalue weighted by Gasteiger charge is 2.32. The Hall–Kier alpha value is -1.11. The fourth-order valence-corrected chi connectivity index (χ4v) is 4.38. The molecule has 0 aliphatic carbocycles. The topological polar surface area (TPSA) is 57.7 Å². The number of carbonyl (C=O) groups excluding carboxylic acids is 1. The van der Waals surface area contributed by atoms with E-state index in [-0.39, 0.29) is 24.1 Å². The molecule has 7 heteroatoms. The van der Waals surface area contributed by atoms with Gasteiger partial charge in [-0.3, -0.25) is 4.79 Å². The van der Waals surface area contributed by atoms with Gasteiger partial charge < -0.3 is 4.90 Å². The number of benzene rings is 1. The number of halogens is 1. The van der Waals surface area contributed by atoms with Gasteiger partial charge in [-0.15, -0.1) is 0 Å². The molecular formula is C15H21ClN2O3S. The van der Waals surface area contributed by atoms with Gasteiger partial charge in [0.25, 0.3) is 0 Å². The van der Waals surface area contributed by atoms with Gasteiger partial charge in [0.2, 0.25) is 15.9 Å². The van der Waals surface area contributed by atoms with E-state index in [0.717, 1.165) is 6.42 Å². The Labute approximate surface area is 136 Å². The second-order valence-electron chi connectivity index (χ2n) is 5.81. The van der Waals surface area contributed by atoms with Crippen molar-refractivity contribution in [1.29, 1.82) is 0 Å². The van der Waals surface area contributed by atoms with Crippen molar-refractivity contribution < 1.29 is 13.2 Å². The second-order valence-corrected chi connectivity index (χ2v) is 8.22. The first kappa shape index (κ1) is 17.2. The molecule has 122 valence electrons. The molecule has 22 heavy (non-hydrogen) atoms. The van der Waals surface area contributed by atoms with E-state index >= 15 is 0 Å². The highest BCUT2D eigenvalue weighted by Crippen LogP contribution is 2.23. The summed E-state index contributed by atoms with van der Waals surface area (Å²) in [6, 6.07) is 6.79. The lowest BCUT2D eigenvalue weighted by Gasteiger charge is -2.32. The predicted molar refractivity (Wildman–Crippen MR) is 87.1 cm³/mol. The average Bonchev–Trinajstić information content (AvgIpc) is 2.48. The SMILES string of the molecule is CN(C)C(=O)C1CCCN(S(=O)(=O)Cc2ccc(Cl)cc2)C1. The van der Waals surface area contributed by atoms with Crippen LogP contribution in [0.1, 0.15) is 18.4 Å². The molecule has 5 nitrogen and oxygen atoms in total. The Bertz CT molecular complexity index is 629. The lowest BCUT2D eigenvalue weighted by atomic mass is 9.98. The number of piperidine rings is 1. The third-order valence-electron chi connectivity index (χ3n) is 3.83. The van der Waals surface area contributed by atoms with Crippen LogP contribution >= 0.6 is 11.6 Å². The van der Waals surface area contributed by atoms with Crippen LogP contribution in [0, 0.1) is 5.92 Å². The largest absolute Gasteiger partial charge is 0.349 e. The van der Waals surface area contributed by atoms with Crippen molar-refractivity contribution in [3.63, 3.8) is 0 Å². The van der Waals surface area contributed by atoms with Crippen molar-refractivity contribution in [2.75, 3.05) is 27.2 Å². The zero-order chi connectivity index (χ0) is 16.3. The first-order valence-electron chi connectivity index (χ1n) is 7.23. The summed E-state index contributed by atoms with van der Waals surface area (Å²) in [5, 5.41) is 0.579. The molecule has 0 bridgehead atoms. The van der Waals surface area contributed by atoms with E-state index in [4.69, 9.17) is 11.6 Å². The standard InChI is InChI=1S/C15H21ClN2O3S/c1-17(2)15(19)13-4-3-9-18(10-13)22(20,21)11-12-5-7-14(16)8-6-12/h5-8,13H,3-4,9-11H2,1-2H3. The number of nitrogens with zero attached hydrogens (tertiary/aromatic N) is 2. The molecular weight excluding hydrogens is 324 g/mol. The van der Waals surface area contributed by atoms with Crippen LogP contribution in [0.4, 0.5) is 0 Å². The Morgan fingerprint density at radius 3 is 2.55 bits per heavy atom. The molecule has 1 unspecified atom stereocenters. The number of sulfonamides is 1. The monoisotopic (exact) mass is 344 g/mol. The van der Waals surface area contributed by atoms with Crippen LogP contribution in [-0.2, 0) is 20.6 Å². The third kappa shape index (κ3) is 4.21. The van der Waals surface area contributed by atoms with E-state index in [1.54, 1.807) is 38.4 Å². The molecule has 1 fully saturated rings. The lowest BCUT2D eigenvalue weighted by Crippen LogP contribution is -2.45.